The molecule has 0 aliphatic rings. The van der Waals surface area contributed by atoms with Crippen molar-refractivity contribution >= 4 is 23.6 Å². The van der Waals surface area contributed by atoms with Crippen molar-refractivity contribution in [2.45, 2.75) is 26.3 Å². The highest BCUT2D eigenvalue weighted by Crippen LogP contribution is 2.24. The molecule has 1 amide bonds. The number of carbonyl (C=O) groups excluding carboxylic acids is 2. The summed E-state index contributed by atoms with van der Waals surface area (Å²) in [5, 5.41) is 16.5. The van der Waals surface area contributed by atoms with Gasteiger partial charge in [-0.2, -0.15) is 0 Å². The van der Waals surface area contributed by atoms with Gasteiger partial charge in [0.25, 0.3) is 5.69 Å². The van der Waals surface area contributed by atoms with Crippen molar-refractivity contribution in [1.29, 1.82) is 0 Å². The van der Waals surface area contributed by atoms with Crippen LogP contribution in [0.4, 0.5) is 11.4 Å². The first-order chi connectivity index (χ1) is 9.43. The Kier molecular flexibility index (Phi) is 5.64. The van der Waals surface area contributed by atoms with Gasteiger partial charge in [-0.1, -0.05) is 0 Å². The highest BCUT2D eigenvalue weighted by Gasteiger charge is 2.14. The fourth-order valence-corrected chi connectivity index (χ4v) is 1.63. The van der Waals surface area contributed by atoms with Gasteiger partial charge in [-0.15, -0.1) is 0 Å². The number of nitrogens with zero attached hydrogens (tertiary/aromatic N) is 1. The standard InChI is InChI=1S/C13H17N3O4/c1-9(2)15-13(18)5-6-14-11-4-3-10(8-17)7-12(11)16(19)20/h3-4,7-9,14H,5-6H2,1-2H3,(H,15,18). The average Bonchev–Trinajstić information content (AvgIpc) is 2.37. The van der Waals surface area contributed by atoms with Crippen LogP contribution in [0.2, 0.25) is 0 Å². The molecular weight excluding hydrogens is 262 g/mol. The van der Waals surface area contributed by atoms with Crippen LogP contribution in [-0.4, -0.2) is 29.7 Å². The lowest BCUT2D eigenvalue weighted by atomic mass is 10.2. The number of nitrogens with one attached hydrogen (secondary N) is 2. The molecule has 2 N–H and O–H groups in total. The van der Waals surface area contributed by atoms with Crippen molar-refractivity contribution in [1.82, 2.24) is 5.32 Å². The molecule has 0 aromatic heterocycles. The first-order valence-electron chi connectivity index (χ1n) is 6.21. The first-order valence-corrected chi connectivity index (χ1v) is 6.21. The minimum atomic E-state index is -0.566. The number of anilines is 1. The lowest BCUT2D eigenvalue weighted by molar-refractivity contribution is -0.384. The van der Waals surface area contributed by atoms with E-state index in [2.05, 4.69) is 10.6 Å². The average molecular weight is 279 g/mol. The summed E-state index contributed by atoms with van der Waals surface area (Å²) < 4.78 is 0. The molecule has 0 aliphatic carbocycles. The second kappa shape index (κ2) is 7.22. The molecule has 0 bridgehead atoms. The van der Waals surface area contributed by atoms with Crippen LogP contribution in [0.15, 0.2) is 18.2 Å². The predicted molar refractivity (Wildman–Crippen MR) is 74.9 cm³/mol. The zero-order valence-corrected chi connectivity index (χ0v) is 11.4. The number of nitro groups is 1. The molecule has 0 heterocycles. The molecule has 0 atom stereocenters. The molecule has 7 heteroatoms. The Morgan fingerprint density at radius 3 is 2.70 bits per heavy atom. The third-order valence-corrected chi connectivity index (χ3v) is 2.47. The summed E-state index contributed by atoms with van der Waals surface area (Å²) in [6.45, 7) is 3.99. The number of hydrogen-bond donors (Lipinski definition) is 2. The molecule has 1 rings (SSSR count). The number of carbonyl (C=O) groups is 2. The van der Waals surface area contributed by atoms with Crippen molar-refractivity contribution < 1.29 is 14.5 Å². The maximum atomic E-state index is 11.4. The Morgan fingerprint density at radius 1 is 1.45 bits per heavy atom. The third-order valence-electron chi connectivity index (χ3n) is 2.47. The molecule has 0 saturated heterocycles. The first kappa shape index (κ1) is 15.6. The van der Waals surface area contributed by atoms with E-state index >= 15 is 0 Å². The Hall–Kier alpha value is -2.44. The largest absolute Gasteiger partial charge is 0.379 e. The SMILES string of the molecule is CC(C)NC(=O)CCNc1ccc(C=O)cc1[N+](=O)[O-]. The van der Waals surface area contributed by atoms with Gasteiger partial charge in [-0.25, -0.2) is 0 Å². The van der Waals surface area contributed by atoms with Crippen LogP contribution < -0.4 is 10.6 Å². The monoisotopic (exact) mass is 279 g/mol. The van der Waals surface area contributed by atoms with Crippen LogP contribution in [0, 0.1) is 10.1 Å². The van der Waals surface area contributed by atoms with E-state index in [-0.39, 0.29) is 41.9 Å². The Morgan fingerprint density at radius 2 is 2.15 bits per heavy atom. The van der Waals surface area contributed by atoms with E-state index in [9.17, 15) is 19.7 Å². The fourth-order valence-electron chi connectivity index (χ4n) is 1.63. The van der Waals surface area contributed by atoms with Gasteiger partial charge >= 0.3 is 0 Å². The molecule has 0 saturated carbocycles. The third kappa shape index (κ3) is 4.68. The number of aldehydes is 1. The number of hydrogen-bond acceptors (Lipinski definition) is 5. The topological polar surface area (TPSA) is 101 Å². The quantitative estimate of drug-likeness (QED) is 0.449. The minimum Gasteiger partial charge on any atom is -0.379 e. The molecule has 1 aromatic carbocycles. The molecule has 0 aliphatic heterocycles. The summed E-state index contributed by atoms with van der Waals surface area (Å²) in [6, 6.07) is 4.20. The molecule has 108 valence electrons. The van der Waals surface area contributed by atoms with E-state index in [1.807, 2.05) is 13.8 Å². The summed E-state index contributed by atoms with van der Waals surface area (Å²) in [7, 11) is 0. The maximum Gasteiger partial charge on any atom is 0.293 e. The second-order valence-electron chi connectivity index (χ2n) is 4.55. The van der Waals surface area contributed by atoms with Crippen LogP contribution in [0.25, 0.3) is 0 Å². The number of nitro benzene ring substituents is 1. The van der Waals surface area contributed by atoms with E-state index in [4.69, 9.17) is 0 Å². The smallest absolute Gasteiger partial charge is 0.293 e. The molecular formula is C13H17N3O4. The molecule has 0 fully saturated rings. The van der Waals surface area contributed by atoms with Crippen molar-refractivity contribution in [3.05, 3.63) is 33.9 Å². The van der Waals surface area contributed by atoms with Gasteiger partial charge in [0.1, 0.15) is 12.0 Å². The van der Waals surface area contributed by atoms with Crippen molar-refractivity contribution in [2.75, 3.05) is 11.9 Å². The fraction of sp³-hybridized carbons (Fsp3) is 0.385. The van der Waals surface area contributed by atoms with Crippen LogP contribution >= 0.6 is 0 Å². The Balaban J connectivity index is 2.66. The highest BCUT2D eigenvalue weighted by atomic mass is 16.6. The van der Waals surface area contributed by atoms with E-state index in [1.165, 1.54) is 18.2 Å². The zero-order valence-electron chi connectivity index (χ0n) is 11.4. The lowest BCUT2D eigenvalue weighted by Crippen LogP contribution is -2.31. The van der Waals surface area contributed by atoms with Gasteiger partial charge in [-0.3, -0.25) is 19.7 Å². The minimum absolute atomic E-state index is 0.0590. The zero-order chi connectivity index (χ0) is 15.1. The van der Waals surface area contributed by atoms with Crippen LogP contribution in [0.1, 0.15) is 30.6 Å². The number of amides is 1. The summed E-state index contributed by atoms with van der Waals surface area (Å²) in [5.41, 5.74) is 0.344. The van der Waals surface area contributed by atoms with Gasteiger partial charge < -0.3 is 10.6 Å². The van der Waals surface area contributed by atoms with Gasteiger partial charge in [0.15, 0.2) is 0 Å². The predicted octanol–water partition coefficient (Wildman–Crippen LogP) is 1.73. The number of benzene rings is 1. The number of rotatable bonds is 7. The molecule has 0 spiro atoms. The second-order valence-corrected chi connectivity index (χ2v) is 4.55. The van der Waals surface area contributed by atoms with Crippen LogP contribution in [-0.2, 0) is 4.79 Å². The van der Waals surface area contributed by atoms with Crippen molar-refractivity contribution in [3.63, 3.8) is 0 Å². The summed E-state index contributed by atoms with van der Waals surface area (Å²) >= 11 is 0. The Labute approximate surface area is 116 Å². The van der Waals surface area contributed by atoms with Gasteiger partial charge in [0, 0.05) is 30.6 Å². The van der Waals surface area contributed by atoms with Crippen molar-refractivity contribution in [3.8, 4) is 0 Å². The van der Waals surface area contributed by atoms with E-state index in [1.54, 1.807) is 0 Å². The molecule has 0 radical (unpaired) electrons. The lowest BCUT2D eigenvalue weighted by Gasteiger charge is -2.10. The molecule has 20 heavy (non-hydrogen) atoms. The molecule has 7 nitrogen and oxygen atoms in total. The van der Waals surface area contributed by atoms with Crippen LogP contribution in [0.5, 0.6) is 0 Å². The Bertz CT molecular complexity index is 514. The van der Waals surface area contributed by atoms with E-state index in [0.717, 1.165) is 0 Å². The van der Waals surface area contributed by atoms with Gasteiger partial charge in [-0.05, 0) is 26.0 Å². The van der Waals surface area contributed by atoms with Crippen molar-refractivity contribution in [2.24, 2.45) is 0 Å². The summed E-state index contributed by atoms with van der Waals surface area (Å²) in [6.07, 6.45) is 0.762. The summed E-state index contributed by atoms with van der Waals surface area (Å²) in [4.78, 5) is 32.4. The van der Waals surface area contributed by atoms with Gasteiger partial charge in [0.2, 0.25) is 5.91 Å². The van der Waals surface area contributed by atoms with E-state index in [0.29, 0.717) is 6.29 Å². The maximum absolute atomic E-state index is 11.4. The molecule has 0 unspecified atom stereocenters. The van der Waals surface area contributed by atoms with E-state index < -0.39 is 4.92 Å². The highest BCUT2D eigenvalue weighted by molar-refractivity contribution is 5.80. The normalized spacial score (nSPS) is 10.2. The summed E-state index contributed by atoms with van der Waals surface area (Å²) in [5.74, 6) is -0.125. The van der Waals surface area contributed by atoms with Crippen LogP contribution in [0.3, 0.4) is 0 Å². The van der Waals surface area contributed by atoms with Gasteiger partial charge in [0.05, 0.1) is 4.92 Å². The molecule has 1 aromatic rings.